The largest absolute Gasteiger partial charge is 0.384 e. The summed E-state index contributed by atoms with van der Waals surface area (Å²) >= 11 is 1.42. The van der Waals surface area contributed by atoms with Crippen LogP contribution < -0.4 is 0 Å². The first kappa shape index (κ1) is 13.1. The van der Waals surface area contributed by atoms with Crippen molar-refractivity contribution in [3.63, 3.8) is 0 Å². The maximum absolute atomic E-state index is 12.2. The van der Waals surface area contributed by atoms with Gasteiger partial charge in [0.2, 0.25) is 0 Å². The highest BCUT2D eigenvalue weighted by Crippen LogP contribution is 2.16. The zero-order chi connectivity index (χ0) is 12.8. The summed E-state index contributed by atoms with van der Waals surface area (Å²) in [6.45, 7) is 2.55. The van der Waals surface area contributed by atoms with Gasteiger partial charge in [0.05, 0.1) is 17.0 Å². The summed E-state index contributed by atoms with van der Waals surface area (Å²) in [4.78, 5) is 14.8. The van der Waals surface area contributed by atoms with Crippen LogP contribution in [0.2, 0.25) is 0 Å². The molecule has 2 heterocycles. The van der Waals surface area contributed by atoms with Crippen LogP contribution in [0.5, 0.6) is 0 Å². The Labute approximate surface area is 110 Å². The molecule has 0 aromatic carbocycles. The molecule has 0 atom stereocenters. The van der Waals surface area contributed by atoms with E-state index in [1.165, 1.54) is 11.3 Å². The van der Waals surface area contributed by atoms with Crippen LogP contribution in [0.4, 0.5) is 0 Å². The highest BCUT2D eigenvalue weighted by Gasteiger charge is 2.18. The molecule has 2 rings (SSSR count). The molecule has 1 aliphatic heterocycles. The van der Waals surface area contributed by atoms with Crippen molar-refractivity contribution in [3.05, 3.63) is 21.9 Å². The SMILES string of the molecule is O=C(c1csc(C#CCO)c1)N1CCCOCC1. The zero-order valence-corrected chi connectivity index (χ0v) is 10.8. The van der Waals surface area contributed by atoms with Crippen LogP contribution in [-0.2, 0) is 4.74 Å². The third-order valence-electron chi connectivity index (χ3n) is 2.65. The summed E-state index contributed by atoms with van der Waals surface area (Å²) in [5.74, 6) is 5.42. The van der Waals surface area contributed by atoms with Crippen LogP contribution in [0.1, 0.15) is 21.7 Å². The molecule has 0 bridgehead atoms. The minimum Gasteiger partial charge on any atom is -0.384 e. The van der Waals surface area contributed by atoms with E-state index in [2.05, 4.69) is 11.8 Å². The van der Waals surface area contributed by atoms with Gasteiger partial charge in [-0.1, -0.05) is 11.8 Å². The van der Waals surface area contributed by atoms with Crippen LogP contribution in [0.3, 0.4) is 0 Å². The van der Waals surface area contributed by atoms with E-state index in [1.807, 2.05) is 10.3 Å². The Morgan fingerprint density at radius 3 is 3.22 bits per heavy atom. The molecule has 0 radical (unpaired) electrons. The summed E-state index contributed by atoms with van der Waals surface area (Å²) in [5.41, 5.74) is 0.670. The summed E-state index contributed by atoms with van der Waals surface area (Å²) < 4.78 is 5.33. The molecule has 1 aliphatic rings. The summed E-state index contributed by atoms with van der Waals surface area (Å²) in [7, 11) is 0. The number of thiophene rings is 1. The first-order valence-corrected chi connectivity index (χ1v) is 6.74. The Kier molecular flexibility index (Phi) is 4.76. The Hall–Kier alpha value is -1.35. The van der Waals surface area contributed by atoms with Gasteiger partial charge < -0.3 is 14.7 Å². The van der Waals surface area contributed by atoms with Crippen LogP contribution in [0, 0.1) is 11.8 Å². The van der Waals surface area contributed by atoms with Gasteiger partial charge in [0.25, 0.3) is 5.91 Å². The Balaban J connectivity index is 2.05. The smallest absolute Gasteiger partial charge is 0.254 e. The molecule has 1 aromatic rings. The van der Waals surface area contributed by atoms with Gasteiger partial charge in [0.15, 0.2) is 0 Å². The molecule has 0 saturated carbocycles. The van der Waals surface area contributed by atoms with Crippen molar-refractivity contribution in [2.24, 2.45) is 0 Å². The van der Waals surface area contributed by atoms with Crippen LogP contribution in [0.25, 0.3) is 0 Å². The summed E-state index contributed by atoms with van der Waals surface area (Å²) in [6, 6.07) is 1.78. The number of carbonyl (C=O) groups excluding carboxylic acids is 1. The first-order valence-electron chi connectivity index (χ1n) is 5.86. The lowest BCUT2D eigenvalue weighted by Crippen LogP contribution is -2.32. The van der Waals surface area contributed by atoms with Crippen molar-refractivity contribution in [1.82, 2.24) is 4.90 Å². The fourth-order valence-electron chi connectivity index (χ4n) is 1.77. The number of nitrogens with zero attached hydrogens (tertiary/aromatic N) is 1. The van der Waals surface area contributed by atoms with E-state index < -0.39 is 0 Å². The molecule has 0 spiro atoms. The number of hydrogen-bond donors (Lipinski definition) is 1. The number of aliphatic hydroxyl groups is 1. The van der Waals surface area contributed by atoms with Crippen molar-refractivity contribution in [3.8, 4) is 11.8 Å². The molecular weight excluding hydrogens is 250 g/mol. The molecule has 5 heteroatoms. The second kappa shape index (κ2) is 6.55. The fourth-order valence-corrected chi connectivity index (χ4v) is 2.52. The van der Waals surface area contributed by atoms with Crippen molar-refractivity contribution < 1.29 is 14.6 Å². The van der Waals surface area contributed by atoms with Crippen molar-refractivity contribution in [1.29, 1.82) is 0 Å². The average Bonchev–Trinajstić information content (AvgIpc) is 2.69. The predicted octanol–water partition coefficient (Wildman–Crippen LogP) is 0.954. The minimum atomic E-state index is -0.162. The van der Waals surface area contributed by atoms with E-state index in [4.69, 9.17) is 9.84 Å². The normalized spacial score (nSPS) is 15.7. The number of carbonyl (C=O) groups is 1. The molecule has 1 N–H and O–H groups in total. The molecule has 0 unspecified atom stereocenters. The second-order valence-electron chi connectivity index (χ2n) is 3.92. The lowest BCUT2D eigenvalue weighted by molar-refractivity contribution is 0.0742. The van der Waals surface area contributed by atoms with Crippen LogP contribution in [-0.4, -0.2) is 48.8 Å². The lowest BCUT2D eigenvalue weighted by Gasteiger charge is -2.18. The summed E-state index contributed by atoms with van der Waals surface area (Å²) in [5, 5.41) is 10.4. The first-order chi connectivity index (χ1) is 8.81. The lowest BCUT2D eigenvalue weighted by atomic mass is 10.2. The molecule has 4 nitrogen and oxygen atoms in total. The molecule has 1 amide bonds. The second-order valence-corrected chi connectivity index (χ2v) is 4.83. The Bertz CT molecular complexity index is 464. The van der Waals surface area contributed by atoms with Crippen molar-refractivity contribution in [2.45, 2.75) is 6.42 Å². The molecular formula is C13H15NO3S. The molecule has 1 aromatic heterocycles. The fraction of sp³-hybridized carbons (Fsp3) is 0.462. The van der Waals surface area contributed by atoms with Crippen molar-refractivity contribution in [2.75, 3.05) is 32.9 Å². The standard InChI is InChI=1S/C13H15NO3S/c15-6-1-3-12-9-11(10-18-12)13(16)14-4-2-7-17-8-5-14/h9-10,15H,2,4-8H2. The zero-order valence-electron chi connectivity index (χ0n) is 10.0. The topological polar surface area (TPSA) is 49.8 Å². The van der Waals surface area contributed by atoms with E-state index in [-0.39, 0.29) is 12.5 Å². The number of rotatable bonds is 1. The molecule has 18 heavy (non-hydrogen) atoms. The molecule has 1 saturated heterocycles. The van der Waals surface area contributed by atoms with Crippen LogP contribution >= 0.6 is 11.3 Å². The maximum atomic E-state index is 12.2. The van der Waals surface area contributed by atoms with E-state index >= 15 is 0 Å². The average molecular weight is 265 g/mol. The van der Waals surface area contributed by atoms with Gasteiger partial charge in [-0.2, -0.15) is 0 Å². The van der Waals surface area contributed by atoms with E-state index in [1.54, 1.807) is 6.07 Å². The highest BCUT2D eigenvalue weighted by molar-refractivity contribution is 7.10. The Morgan fingerprint density at radius 1 is 1.50 bits per heavy atom. The highest BCUT2D eigenvalue weighted by atomic mass is 32.1. The number of aliphatic hydroxyl groups excluding tert-OH is 1. The minimum absolute atomic E-state index is 0.0359. The molecule has 1 fully saturated rings. The molecule has 0 aliphatic carbocycles. The van der Waals surface area contributed by atoms with Gasteiger partial charge in [-0.05, 0) is 12.5 Å². The van der Waals surface area contributed by atoms with Gasteiger partial charge in [-0.25, -0.2) is 0 Å². The van der Waals surface area contributed by atoms with Crippen molar-refractivity contribution >= 4 is 17.2 Å². The number of hydrogen-bond acceptors (Lipinski definition) is 4. The third-order valence-corrected chi connectivity index (χ3v) is 3.49. The van der Waals surface area contributed by atoms with Gasteiger partial charge in [-0.3, -0.25) is 4.79 Å². The quantitative estimate of drug-likeness (QED) is 0.769. The third kappa shape index (κ3) is 3.33. The summed E-state index contributed by atoms with van der Waals surface area (Å²) in [6.07, 6.45) is 0.882. The van der Waals surface area contributed by atoms with E-state index in [0.29, 0.717) is 18.7 Å². The van der Waals surface area contributed by atoms with Gasteiger partial charge >= 0.3 is 0 Å². The van der Waals surface area contributed by atoms with E-state index in [9.17, 15) is 4.79 Å². The predicted molar refractivity (Wildman–Crippen MR) is 69.6 cm³/mol. The van der Waals surface area contributed by atoms with E-state index in [0.717, 1.165) is 24.4 Å². The van der Waals surface area contributed by atoms with Gasteiger partial charge in [-0.15, -0.1) is 11.3 Å². The number of ether oxygens (including phenoxy) is 1. The maximum Gasteiger partial charge on any atom is 0.254 e. The van der Waals surface area contributed by atoms with Gasteiger partial charge in [0.1, 0.15) is 6.61 Å². The molecule has 96 valence electrons. The van der Waals surface area contributed by atoms with Gasteiger partial charge in [0, 0.05) is 25.1 Å². The number of amides is 1. The monoisotopic (exact) mass is 265 g/mol. The Morgan fingerprint density at radius 2 is 2.39 bits per heavy atom. The van der Waals surface area contributed by atoms with Crippen LogP contribution in [0.15, 0.2) is 11.4 Å².